The Morgan fingerprint density at radius 2 is 1.88 bits per heavy atom. The van der Waals surface area contributed by atoms with Crippen molar-refractivity contribution in [3.8, 4) is 5.75 Å². The van der Waals surface area contributed by atoms with Crippen molar-refractivity contribution in [2.24, 2.45) is 0 Å². The Hall–Kier alpha value is -2.50. The molecule has 1 aromatic carbocycles. The number of aliphatic carboxylic acids is 1. The van der Waals surface area contributed by atoms with Gasteiger partial charge in [0.25, 0.3) is 0 Å². The highest BCUT2D eigenvalue weighted by Crippen LogP contribution is 2.41. The summed E-state index contributed by atoms with van der Waals surface area (Å²) in [4.78, 5) is 23.2. The van der Waals surface area contributed by atoms with Crippen molar-refractivity contribution in [1.82, 2.24) is 0 Å². The first kappa shape index (κ1) is 17.8. The molecule has 0 saturated carbocycles. The molecule has 2 N–H and O–H groups in total. The van der Waals surface area contributed by atoms with Gasteiger partial charge in [-0.05, 0) is 18.6 Å². The molecule has 8 nitrogen and oxygen atoms in total. The van der Waals surface area contributed by atoms with Gasteiger partial charge in [0, 0.05) is 12.5 Å². The Bertz CT molecular complexity index is 820. The highest BCUT2D eigenvalue weighted by atomic mass is 32.2. The maximum absolute atomic E-state index is 12.3. The average molecular weight is 369 g/mol. The smallest absolute Gasteiger partial charge is 0.479 e. The van der Waals surface area contributed by atoms with E-state index in [-0.39, 0.29) is 17.7 Å². The number of nitrogens with zero attached hydrogens (tertiary/aromatic N) is 1. The molecule has 2 rings (SSSR count). The van der Waals surface area contributed by atoms with Gasteiger partial charge < -0.3 is 14.4 Å². The van der Waals surface area contributed by atoms with Gasteiger partial charge in [-0.3, -0.25) is 4.90 Å². The minimum absolute atomic E-state index is 0.207. The molecule has 0 spiro atoms. The van der Waals surface area contributed by atoms with Crippen LogP contribution in [0.15, 0.2) is 18.2 Å². The molecule has 0 aromatic heterocycles. The number of benzene rings is 1. The second-order valence-corrected chi connectivity index (χ2v) is 6.69. The van der Waals surface area contributed by atoms with Gasteiger partial charge in [0.2, 0.25) is 0 Å². The maximum Gasteiger partial charge on any atom is 0.534 e. The van der Waals surface area contributed by atoms with Crippen LogP contribution in [0, 0.1) is 0 Å². The Morgan fingerprint density at radius 3 is 2.33 bits per heavy atom. The quantitative estimate of drug-likeness (QED) is 0.615. The summed E-state index contributed by atoms with van der Waals surface area (Å²) in [7, 11) is -5.93. The lowest BCUT2D eigenvalue weighted by Crippen LogP contribution is -2.53. The first-order chi connectivity index (χ1) is 10.8. The van der Waals surface area contributed by atoms with E-state index < -0.39 is 39.0 Å². The molecule has 1 aromatic rings. The van der Waals surface area contributed by atoms with Crippen LogP contribution in [0.5, 0.6) is 5.75 Å². The molecule has 0 fully saturated rings. The summed E-state index contributed by atoms with van der Waals surface area (Å²) in [5.74, 6) is -2.25. The van der Waals surface area contributed by atoms with E-state index in [0.29, 0.717) is 4.90 Å². The fourth-order valence-electron chi connectivity index (χ4n) is 2.33. The van der Waals surface area contributed by atoms with Gasteiger partial charge in [-0.15, -0.1) is 0 Å². The van der Waals surface area contributed by atoms with Gasteiger partial charge in [-0.25, -0.2) is 9.59 Å². The normalized spacial score (nSPS) is 20.6. The molecule has 0 saturated heterocycles. The zero-order chi connectivity index (χ0) is 18.5. The minimum atomic E-state index is -5.93. The van der Waals surface area contributed by atoms with Crippen LogP contribution in [0.2, 0.25) is 0 Å². The average Bonchev–Trinajstić information content (AvgIpc) is 2.69. The van der Waals surface area contributed by atoms with Crippen LogP contribution in [0.25, 0.3) is 0 Å². The molecule has 132 valence electrons. The molecule has 12 heteroatoms. The van der Waals surface area contributed by atoms with E-state index in [1.165, 1.54) is 0 Å². The molecule has 1 aliphatic rings. The highest BCUT2D eigenvalue weighted by Gasteiger charge is 2.51. The molecule has 0 aliphatic carbocycles. The third-order valence-electron chi connectivity index (χ3n) is 3.47. The first-order valence-corrected chi connectivity index (χ1v) is 7.60. The van der Waals surface area contributed by atoms with Crippen molar-refractivity contribution in [3.05, 3.63) is 23.8 Å². The number of hydrogen-bond donors (Lipinski definition) is 2. The van der Waals surface area contributed by atoms with Crippen LogP contribution < -0.4 is 9.08 Å². The van der Waals surface area contributed by atoms with Crippen molar-refractivity contribution in [1.29, 1.82) is 0 Å². The number of halogens is 3. The van der Waals surface area contributed by atoms with Crippen LogP contribution in [-0.4, -0.2) is 41.7 Å². The lowest BCUT2D eigenvalue weighted by atomic mass is 9.97. The Morgan fingerprint density at radius 1 is 1.29 bits per heavy atom. The summed E-state index contributed by atoms with van der Waals surface area (Å²) in [5.41, 5.74) is -7.59. The zero-order valence-electron chi connectivity index (χ0n) is 11.9. The third kappa shape index (κ3) is 2.72. The topological polar surface area (TPSA) is 121 Å². The standard InChI is InChI=1S/C12H10F3NO7S/c1-11(9(17)18)5-6-2-3-7(4-8(6)16(11)10(19)20)23-24(21,22)12(13,14)15/h2-4H,5H2,1H3,(H,17,18)(H,19,20). The number of amides is 1. The van der Waals surface area contributed by atoms with Gasteiger partial charge in [0.05, 0.1) is 5.69 Å². The Balaban J connectivity index is 2.49. The fourth-order valence-corrected chi connectivity index (χ4v) is 2.78. The van der Waals surface area contributed by atoms with E-state index in [1.54, 1.807) is 0 Å². The van der Waals surface area contributed by atoms with E-state index in [9.17, 15) is 41.4 Å². The number of carboxylic acids is 1. The van der Waals surface area contributed by atoms with Crippen LogP contribution >= 0.6 is 0 Å². The van der Waals surface area contributed by atoms with Gasteiger partial charge in [-0.1, -0.05) is 6.07 Å². The number of carboxylic acid groups (broad SMARTS) is 2. The van der Waals surface area contributed by atoms with E-state index in [2.05, 4.69) is 4.18 Å². The molecular weight excluding hydrogens is 359 g/mol. The van der Waals surface area contributed by atoms with E-state index in [4.69, 9.17) is 0 Å². The number of rotatable bonds is 3. The molecule has 1 heterocycles. The van der Waals surface area contributed by atoms with Crippen molar-refractivity contribution < 1.29 is 45.6 Å². The largest absolute Gasteiger partial charge is 0.534 e. The van der Waals surface area contributed by atoms with Gasteiger partial charge in [0.15, 0.2) is 0 Å². The molecule has 0 bridgehead atoms. The second-order valence-electron chi connectivity index (χ2n) is 5.15. The van der Waals surface area contributed by atoms with Crippen molar-refractivity contribution >= 4 is 27.9 Å². The summed E-state index contributed by atoms with van der Waals surface area (Å²) < 4.78 is 62.9. The number of anilines is 1. The molecule has 1 aliphatic heterocycles. The number of alkyl halides is 3. The molecule has 0 radical (unpaired) electrons. The van der Waals surface area contributed by atoms with Gasteiger partial charge >= 0.3 is 27.7 Å². The number of carbonyl (C=O) groups is 2. The minimum Gasteiger partial charge on any atom is -0.479 e. The Kier molecular flexibility index (Phi) is 3.91. The lowest BCUT2D eigenvalue weighted by Gasteiger charge is -2.29. The molecule has 1 unspecified atom stereocenters. The molecule has 1 amide bonds. The SMILES string of the molecule is CC1(C(=O)O)Cc2ccc(OS(=O)(=O)C(F)(F)F)cc2N1C(=O)O. The second kappa shape index (κ2) is 5.26. The van der Waals surface area contributed by atoms with Crippen molar-refractivity contribution in [2.75, 3.05) is 4.90 Å². The van der Waals surface area contributed by atoms with Crippen molar-refractivity contribution in [2.45, 2.75) is 24.4 Å². The van der Waals surface area contributed by atoms with Crippen LogP contribution in [0.4, 0.5) is 23.7 Å². The molecule has 24 heavy (non-hydrogen) atoms. The maximum atomic E-state index is 12.3. The van der Waals surface area contributed by atoms with E-state index in [1.807, 2.05) is 0 Å². The third-order valence-corrected chi connectivity index (χ3v) is 4.45. The predicted octanol–water partition coefficient (Wildman–Crippen LogP) is 1.80. The zero-order valence-corrected chi connectivity index (χ0v) is 12.7. The van der Waals surface area contributed by atoms with Gasteiger partial charge in [0.1, 0.15) is 11.3 Å². The number of fused-ring (bicyclic) bond motifs is 1. The summed E-state index contributed by atoms with van der Waals surface area (Å²) >= 11 is 0. The van der Waals surface area contributed by atoms with Crippen molar-refractivity contribution in [3.63, 3.8) is 0 Å². The fraction of sp³-hybridized carbons (Fsp3) is 0.333. The summed E-state index contributed by atoms with van der Waals surface area (Å²) in [6.45, 7) is 1.12. The Labute approximate surface area is 133 Å². The molecular formula is C12H10F3NO7S. The summed E-state index contributed by atoms with van der Waals surface area (Å²) in [6, 6.07) is 2.73. The van der Waals surface area contributed by atoms with Crippen LogP contribution in [0.1, 0.15) is 12.5 Å². The highest BCUT2D eigenvalue weighted by molar-refractivity contribution is 7.88. The van der Waals surface area contributed by atoms with Crippen LogP contribution in [0.3, 0.4) is 0 Å². The van der Waals surface area contributed by atoms with E-state index in [0.717, 1.165) is 25.1 Å². The summed E-state index contributed by atoms with van der Waals surface area (Å²) in [5, 5.41) is 18.5. The van der Waals surface area contributed by atoms with E-state index >= 15 is 0 Å². The first-order valence-electron chi connectivity index (χ1n) is 6.20. The lowest BCUT2D eigenvalue weighted by molar-refractivity contribution is -0.142. The monoisotopic (exact) mass is 369 g/mol. The number of hydrogen-bond acceptors (Lipinski definition) is 5. The predicted molar refractivity (Wildman–Crippen MR) is 72.3 cm³/mol. The van der Waals surface area contributed by atoms with Gasteiger partial charge in [-0.2, -0.15) is 21.6 Å². The molecule has 1 atom stereocenters. The van der Waals surface area contributed by atoms with Crippen LogP contribution in [-0.2, 0) is 21.3 Å². The summed E-state index contributed by atoms with van der Waals surface area (Å²) in [6.07, 6.45) is -1.90.